The van der Waals surface area contributed by atoms with Gasteiger partial charge in [0.05, 0.1) is 12.0 Å². The number of fused-ring (bicyclic) bond motifs is 1. The smallest absolute Gasteiger partial charge is 0.243 e. The summed E-state index contributed by atoms with van der Waals surface area (Å²) in [5, 5.41) is 2.12. The summed E-state index contributed by atoms with van der Waals surface area (Å²) in [6.07, 6.45) is 1.55. The lowest BCUT2D eigenvalue weighted by atomic mass is 9.91. The summed E-state index contributed by atoms with van der Waals surface area (Å²) in [6.45, 7) is 10.9. The highest BCUT2D eigenvalue weighted by molar-refractivity contribution is 7.10. The van der Waals surface area contributed by atoms with Crippen LogP contribution in [0.1, 0.15) is 73.2 Å². The number of benzene rings is 2. The van der Waals surface area contributed by atoms with Gasteiger partial charge in [-0.1, -0.05) is 67.1 Å². The van der Waals surface area contributed by atoms with Crippen LogP contribution in [0.15, 0.2) is 66.0 Å². The Hall–Kier alpha value is -2.92. The summed E-state index contributed by atoms with van der Waals surface area (Å²) in [5.74, 6) is -0.251. The molecule has 0 spiro atoms. The Bertz CT molecular complexity index is 1160. The van der Waals surface area contributed by atoms with Crippen molar-refractivity contribution in [3.8, 4) is 0 Å². The highest BCUT2D eigenvalue weighted by Crippen LogP contribution is 2.38. The van der Waals surface area contributed by atoms with Gasteiger partial charge in [0, 0.05) is 17.0 Å². The maximum absolute atomic E-state index is 13.9. The first-order valence-corrected chi connectivity index (χ1v) is 13.4. The van der Waals surface area contributed by atoms with E-state index in [4.69, 9.17) is 0 Å². The molecule has 2 unspecified atom stereocenters. The van der Waals surface area contributed by atoms with Gasteiger partial charge in [-0.15, -0.1) is 11.3 Å². The average Bonchev–Trinajstić information content (AvgIpc) is 3.32. The van der Waals surface area contributed by atoms with E-state index in [-0.39, 0.29) is 30.3 Å². The van der Waals surface area contributed by atoms with Crippen LogP contribution in [0.2, 0.25) is 0 Å². The molecule has 4 rings (SSSR count). The van der Waals surface area contributed by atoms with Crippen molar-refractivity contribution in [2.75, 3.05) is 13.1 Å². The number of hydrogen-bond donors (Lipinski definition) is 0. The minimum absolute atomic E-state index is 0.00128. The van der Waals surface area contributed by atoms with Crippen LogP contribution in [-0.4, -0.2) is 40.2 Å². The molecule has 2 atom stereocenters. The van der Waals surface area contributed by atoms with Crippen molar-refractivity contribution < 1.29 is 9.59 Å². The number of amides is 2. The highest BCUT2D eigenvalue weighted by Gasteiger charge is 2.38. The van der Waals surface area contributed by atoms with Gasteiger partial charge in [-0.2, -0.15) is 0 Å². The van der Waals surface area contributed by atoms with Gasteiger partial charge in [-0.25, -0.2) is 0 Å². The molecule has 0 saturated carbocycles. The Morgan fingerprint density at radius 1 is 1.06 bits per heavy atom. The van der Waals surface area contributed by atoms with E-state index >= 15 is 0 Å². The summed E-state index contributed by atoms with van der Waals surface area (Å²) >= 11 is 1.77. The molecule has 0 N–H and O–H groups in total. The predicted molar refractivity (Wildman–Crippen MR) is 144 cm³/mol. The van der Waals surface area contributed by atoms with Crippen LogP contribution in [0, 0.1) is 6.92 Å². The van der Waals surface area contributed by atoms with Crippen molar-refractivity contribution in [3.63, 3.8) is 0 Å². The minimum Gasteiger partial charge on any atom is -0.330 e. The topological polar surface area (TPSA) is 40.6 Å². The number of thiophene rings is 1. The minimum atomic E-state index is -0.475. The molecule has 0 aliphatic carbocycles. The second-order valence-electron chi connectivity index (χ2n) is 10.4. The van der Waals surface area contributed by atoms with Crippen molar-refractivity contribution in [2.24, 2.45) is 0 Å². The van der Waals surface area contributed by atoms with Gasteiger partial charge in [-0.3, -0.25) is 9.59 Å². The number of carbonyl (C=O) groups is 2. The fourth-order valence-corrected chi connectivity index (χ4v) is 5.90. The fourth-order valence-electron chi connectivity index (χ4n) is 4.99. The standard InChI is InChI=1S/C30H36N2O2S/c1-6-24(22-10-8-7-9-11-22)29(34)32(30(3,4)5)20-27(33)31-18-16-26-25(17-19-35-26)28(31)23-14-12-21(2)13-15-23/h7-15,17,19,24,28H,6,16,18,20H2,1-5H3. The lowest BCUT2D eigenvalue weighted by Gasteiger charge is -2.41. The Morgan fingerprint density at radius 2 is 1.74 bits per heavy atom. The molecule has 4 nitrogen and oxygen atoms in total. The molecule has 0 fully saturated rings. The fraction of sp³-hybridized carbons (Fsp3) is 0.400. The molecule has 35 heavy (non-hydrogen) atoms. The van der Waals surface area contributed by atoms with E-state index in [1.807, 2.05) is 62.9 Å². The van der Waals surface area contributed by atoms with E-state index in [1.54, 1.807) is 16.2 Å². The number of rotatable bonds is 6. The summed E-state index contributed by atoms with van der Waals surface area (Å²) in [7, 11) is 0. The van der Waals surface area contributed by atoms with Crippen LogP contribution < -0.4 is 0 Å². The monoisotopic (exact) mass is 488 g/mol. The lowest BCUT2D eigenvalue weighted by Crippen LogP contribution is -2.53. The number of aryl methyl sites for hydroxylation is 1. The maximum atomic E-state index is 13.9. The molecule has 0 saturated heterocycles. The molecule has 2 amide bonds. The van der Waals surface area contributed by atoms with E-state index in [2.05, 4.69) is 42.6 Å². The normalized spacial score (nSPS) is 16.5. The van der Waals surface area contributed by atoms with Gasteiger partial charge >= 0.3 is 0 Å². The Kier molecular flexibility index (Phi) is 7.46. The molecule has 2 aromatic carbocycles. The van der Waals surface area contributed by atoms with E-state index in [0.29, 0.717) is 13.0 Å². The zero-order valence-electron chi connectivity index (χ0n) is 21.5. The molecule has 1 aromatic heterocycles. The molecule has 0 radical (unpaired) electrons. The van der Waals surface area contributed by atoms with Crippen molar-refractivity contribution in [1.82, 2.24) is 9.80 Å². The predicted octanol–water partition coefficient (Wildman–Crippen LogP) is 6.35. The third-order valence-electron chi connectivity index (χ3n) is 6.96. The molecule has 184 valence electrons. The largest absolute Gasteiger partial charge is 0.330 e. The zero-order valence-corrected chi connectivity index (χ0v) is 22.3. The number of nitrogens with zero attached hydrogens (tertiary/aromatic N) is 2. The number of hydrogen-bond acceptors (Lipinski definition) is 3. The molecular weight excluding hydrogens is 452 g/mol. The first-order valence-electron chi connectivity index (χ1n) is 12.5. The van der Waals surface area contributed by atoms with Gasteiger partial charge < -0.3 is 9.80 Å². The van der Waals surface area contributed by atoms with E-state index in [0.717, 1.165) is 17.5 Å². The van der Waals surface area contributed by atoms with Gasteiger partial charge in [0.15, 0.2) is 0 Å². The third kappa shape index (κ3) is 5.35. The second-order valence-corrected chi connectivity index (χ2v) is 11.4. The first-order chi connectivity index (χ1) is 16.7. The van der Waals surface area contributed by atoms with Crippen LogP contribution in [0.4, 0.5) is 0 Å². The molecule has 0 bridgehead atoms. The quantitative estimate of drug-likeness (QED) is 0.406. The zero-order chi connectivity index (χ0) is 25.2. The van der Waals surface area contributed by atoms with Crippen molar-refractivity contribution in [3.05, 3.63) is 93.2 Å². The Balaban J connectivity index is 1.64. The van der Waals surface area contributed by atoms with Crippen LogP contribution in [0.3, 0.4) is 0 Å². The SMILES string of the molecule is CCC(C(=O)N(CC(=O)N1CCc2sccc2C1c1ccc(C)cc1)C(C)(C)C)c1ccccc1. The van der Waals surface area contributed by atoms with Crippen LogP contribution in [0.25, 0.3) is 0 Å². The summed E-state index contributed by atoms with van der Waals surface area (Å²) in [4.78, 5) is 32.9. The molecule has 1 aliphatic rings. The average molecular weight is 489 g/mol. The van der Waals surface area contributed by atoms with E-state index in [9.17, 15) is 9.59 Å². The Labute approximate surface area is 213 Å². The summed E-state index contributed by atoms with van der Waals surface area (Å²) in [6, 6.07) is 20.4. The van der Waals surface area contributed by atoms with E-state index < -0.39 is 5.54 Å². The summed E-state index contributed by atoms with van der Waals surface area (Å²) < 4.78 is 0. The first kappa shape index (κ1) is 25.2. The molecule has 3 aromatic rings. The van der Waals surface area contributed by atoms with Gasteiger partial charge in [0.25, 0.3) is 0 Å². The summed E-state index contributed by atoms with van der Waals surface area (Å²) in [5.41, 5.74) is 4.05. The third-order valence-corrected chi connectivity index (χ3v) is 7.95. The molecule has 2 heterocycles. The van der Waals surface area contributed by atoms with Crippen LogP contribution >= 0.6 is 11.3 Å². The van der Waals surface area contributed by atoms with E-state index in [1.165, 1.54) is 16.0 Å². The molecule has 5 heteroatoms. The number of carbonyl (C=O) groups excluding carboxylic acids is 2. The highest BCUT2D eigenvalue weighted by atomic mass is 32.1. The van der Waals surface area contributed by atoms with Crippen LogP contribution in [0.5, 0.6) is 0 Å². The van der Waals surface area contributed by atoms with Gasteiger partial charge in [0.1, 0.15) is 6.54 Å². The van der Waals surface area contributed by atoms with Gasteiger partial charge in [0.2, 0.25) is 11.8 Å². The van der Waals surface area contributed by atoms with Crippen molar-refractivity contribution in [1.29, 1.82) is 0 Å². The van der Waals surface area contributed by atoms with Crippen molar-refractivity contribution in [2.45, 2.75) is 65.0 Å². The molecular formula is C30H36N2O2S. The van der Waals surface area contributed by atoms with Crippen molar-refractivity contribution >= 4 is 23.2 Å². The maximum Gasteiger partial charge on any atom is 0.243 e. The Morgan fingerprint density at radius 3 is 2.37 bits per heavy atom. The van der Waals surface area contributed by atoms with Gasteiger partial charge in [-0.05, 0) is 68.7 Å². The molecule has 1 aliphatic heterocycles. The lowest BCUT2D eigenvalue weighted by molar-refractivity contribution is -0.146. The van der Waals surface area contributed by atoms with Crippen LogP contribution in [-0.2, 0) is 16.0 Å². The second kappa shape index (κ2) is 10.4.